The largest absolute Gasteiger partial charge is 0.491 e. The van der Waals surface area contributed by atoms with E-state index in [1.165, 1.54) is 24.1 Å². The molecule has 0 amide bonds. The summed E-state index contributed by atoms with van der Waals surface area (Å²) in [5.41, 5.74) is 1.41. The Hall–Kier alpha value is -2.36. The Morgan fingerprint density at radius 1 is 0.923 bits per heavy atom. The van der Waals surface area contributed by atoms with Crippen LogP contribution in [0, 0.1) is 17.6 Å². The summed E-state index contributed by atoms with van der Waals surface area (Å²) in [5.74, 6) is -0.240. The van der Waals surface area contributed by atoms with Crippen LogP contribution >= 0.6 is 0 Å². The van der Waals surface area contributed by atoms with Gasteiger partial charge in [-0.15, -0.1) is 0 Å². The van der Waals surface area contributed by atoms with Crippen LogP contribution in [0.5, 0.6) is 11.5 Å². The molecule has 0 bridgehead atoms. The first-order valence-electron chi connectivity index (χ1n) is 9.09. The highest BCUT2D eigenvalue weighted by atomic mass is 19.2. The van der Waals surface area contributed by atoms with Crippen molar-refractivity contribution in [2.24, 2.45) is 5.92 Å². The minimum atomic E-state index is -0.971. The van der Waals surface area contributed by atoms with E-state index in [-0.39, 0.29) is 24.5 Å². The standard InChI is InChI=1S/C22H24F2O2/c1-3-25-20-13-10-18(21(23)22(20)24)14-26-19-11-8-17(9-12-19)16-6-4-15(2)5-7-16/h4,6,8-13,15-16H,3,5,7,14H2,1-2H3. The van der Waals surface area contributed by atoms with Crippen molar-refractivity contribution >= 4 is 0 Å². The number of halogens is 2. The maximum absolute atomic E-state index is 14.1. The highest BCUT2D eigenvalue weighted by molar-refractivity contribution is 5.34. The second-order valence-corrected chi connectivity index (χ2v) is 6.69. The average molecular weight is 358 g/mol. The van der Waals surface area contributed by atoms with Gasteiger partial charge in [0.25, 0.3) is 0 Å². The summed E-state index contributed by atoms with van der Waals surface area (Å²) >= 11 is 0. The summed E-state index contributed by atoms with van der Waals surface area (Å²) in [6.07, 6.45) is 6.88. The van der Waals surface area contributed by atoms with Gasteiger partial charge in [-0.1, -0.05) is 31.2 Å². The van der Waals surface area contributed by atoms with E-state index in [0.717, 1.165) is 6.42 Å². The third kappa shape index (κ3) is 4.24. The van der Waals surface area contributed by atoms with E-state index in [9.17, 15) is 8.78 Å². The van der Waals surface area contributed by atoms with Crippen molar-refractivity contribution in [3.63, 3.8) is 0 Å². The highest BCUT2D eigenvalue weighted by Crippen LogP contribution is 2.31. The van der Waals surface area contributed by atoms with Crippen molar-refractivity contribution in [3.8, 4) is 11.5 Å². The summed E-state index contributed by atoms with van der Waals surface area (Å²) in [4.78, 5) is 0. The highest BCUT2D eigenvalue weighted by Gasteiger charge is 2.16. The van der Waals surface area contributed by atoms with Gasteiger partial charge in [0.15, 0.2) is 11.6 Å². The van der Waals surface area contributed by atoms with Crippen LogP contribution in [0.15, 0.2) is 48.6 Å². The summed E-state index contributed by atoms with van der Waals surface area (Å²) in [6.45, 7) is 4.21. The van der Waals surface area contributed by atoms with Crippen LogP contribution in [0.1, 0.15) is 43.7 Å². The first-order valence-corrected chi connectivity index (χ1v) is 9.09. The van der Waals surface area contributed by atoms with Crippen molar-refractivity contribution in [1.82, 2.24) is 0 Å². The fraction of sp³-hybridized carbons (Fsp3) is 0.364. The van der Waals surface area contributed by atoms with E-state index in [1.54, 1.807) is 6.92 Å². The number of ether oxygens (including phenoxy) is 2. The molecule has 2 nitrogen and oxygen atoms in total. The molecule has 0 heterocycles. The lowest BCUT2D eigenvalue weighted by Gasteiger charge is -2.20. The molecule has 2 aromatic carbocycles. The fourth-order valence-corrected chi connectivity index (χ4v) is 3.16. The lowest BCUT2D eigenvalue weighted by Crippen LogP contribution is -2.05. The monoisotopic (exact) mass is 358 g/mol. The van der Waals surface area contributed by atoms with Crippen molar-refractivity contribution in [2.75, 3.05) is 6.61 Å². The van der Waals surface area contributed by atoms with Gasteiger partial charge in [-0.05, 0) is 55.5 Å². The number of allylic oxidation sites excluding steroid dienone is 2. The molecule has 0 saturated carbocycles. The van der Waals surface area contributed by atoms with Crippen molar-refractivity contribution in [3.05, 3.63) is 71.3 Å². The molecule has 0 spiro atoms. The molecule has 1 aliphatic rings. The molecule has 3 rings (SSSR count). The summed E-state index contributed by atoms with van der Waals surface area (Å²) in [5, 5.41) is 0. The predicted octanol–water partition coefficient (Wildman–Crippen LogP) is 6.01. The molecule has 0 aliphatic heterocycles. The maximum Gasteiger partial charge on any atom is 0.201 e. The Morgan fingerprint density at radius 2 is 1.69 bits per heavy atom. The number of hydrogen-bond acceptors (Lipinski definition) is 2. The van der Waals surface area contributed by atoms with Crippen LogP contribution < -0.4 is 9.47 Å². The Morgan fingerprint density at radius 3 is 2.35 bits per heavy atom. The normalized spacial score (nSPS) is 19.4. The lowest BCUT2D eigenvalue weighted by atomic mass is 9.85. The Balaban J connectivity index is 1.63. The molecule has 1 aliphatic carbocycles. The zero-order chi connectivity index (χ0) is 18.5. The zero-order valence-electron chi connectivity index (χ0n) is 15.2. The predicted molar refractivity (Wildman–Crippen MR) is 98.6 cm³/mol. The topological polar surface area (TPSA) is 18.5 Å². The van der Waals surface area contributed by atoms with Crippen molar-refractivity contribution < 1.29 is 18.3 Å². The Labute approximate surface area is 153 Å². The van der Waals surface area contributed by atoms with Crippen molar-refractivity contribution in [2.45, 2.75) is 39.2 Å². The Kier molecular flexibility index (Phi) is 5.92. The third-order valence-corrected chi connectivity index (χ3v) is 4.73. The smallest absolute Gasteiger partial charge is 0.201 e. The molecule has 0 N–H and O–H groups in total. The summed E-state index contributed by atoms with van der Waals surface area (Å²) in [6, 6.07) is 10.8. The van der Waals surface area contributed by atoms with E-state index < -0.39 is 11.6 Å². The molecule has 26 heavy (non-hydrogen) atoms. The minimum absolute atomic E-state index is 0.0324. The maximum atomic E-state index is 14.1. The molecule has 0 saturated heterocycles. The van der Waals surface area contributed by atoms with Crippen LogP contribution in [0.25, 0.3) is 0 Å². The molecule has 2 aromatic rings. The zero-order valence-corrected chi connectivity index (χ0v) is 15.2. The lowest BCUT2D eigenvalue weighted by molar-refractivity contribution is 0.289. The molecule has 0 radical (unpaired) electrons. The van der Waals surface area contributed by atoms with E-state index >= 15 is 0 Å². The van der Waals surface area contributed by atoms with Gasteiger partial charge in [-0.3, -0.25) is 0 Å². The van der Waals surface area contributed by atoms with Gasteiger partial charge in [0.05, 0.1) is 6.61 Å². The number of hydrogen-bond donors (Lipinski definition) is 0. The molecule has 4 heteroatoms. The molecule has 138 valence electrons. The van der Waals surface area contributed by atoms with Gasteiger partial charge in [0.2, 0.25) is 5.82 Å². The van der Waals surface area contributed by atoms with E-state index in [1.807, 2.05) is 24.3 Å². The van der Waals surface area contributed by atoms with Crippen LogP contribution in [0.4, 0.5) is 8.78 Å². The van der Waals surface area contributed by atoms with Gasteiger partial charge in [-0.2, -0.15) is 4.39 Å². The number of rotatable bonds is 6. The van der Waals surface area contributed by atoms with E-state index in [0.29, 0.717) is 17.6 Å². The second-order valence-electron chi connectivity index (χ2n) is 6.69. The van der Waals surface area contributed by atoms with Gasteiger partial charge in [0.1, 0.15) is 12.4 Å². The summed E-state index contributed by atoms with van der Waals surface area (Å²) in [7, 11) is 0. The molecular weight excluding hydrogens is 334 g/mol. The SMILES string of the molecule is CCOc1ccc(COc2ccc(C3C=CC(C)CC3)cc2)c(F)c1F. The van der Waals surface area contributed by atoms with Gasteiger partial charge in [-0.25, -0.2) is 4.39 Å². The van der Waals surface area contributed by atoms with Gasteiger partial charge >= 0.3 is 0 Å². The Bertz CT molecular complexity index is 768. The van der Waals surface area contributed by atoms with Crippen LogP contribution in [-0.4, -0.2) is 6.61 Å². The third-order valence-electron chi connectivity index (χ3n) is 4.73. The minimum Gasteiger partial charge on any atom is -0.491 e. The van der Waals surface area contributed by atoms with Gasteiger partial charge in [0, 0.05) is 11.5 Å². The number of benzene rings is 2. The van der Waals surface area contributed by atoms with E-state index in [4.69, 9.17) is 9.47 Å². The fourth-order valence-electron chi connectivity index (χ4n) is 3.16. The quantitative estimate of drug-likeness (QED) is 0.589. The molecule has 0 aromatic heterocycles. The molecule has 2 unspecified atom stereocenters. The van der Waals surface area contributed by atoms with Crippen LogP contribution in [-0.2, 0) is 6.61 Å². The molecular formula is C22H24F2O2. The van der Waals surface area contributed by atoms with Crippen molar-refractivity contribution in [1.29, 1.82) is 0 Å². The van der Waals surface area contributed by atoms with Crippen LogP contribution in [0.3, 0.4) is 0 Å². The first-order chi connectivity index (χ1) is 12.6. The molecule has 0 fully saturated rings. The van der Waals surface area contributed by atoms with Crippen LogP contribution in [0.2, 0.25) is 0 Å². The average Bonchev–Trinajstić information content (AvgIpc) is 2.66. The first kappa shape index (κ1) is 18.4. The van der Waals surface area contributed by atoms with E-state index in [2.05, 4.69) is 19.1 Å². The summed E-state index contributed by atoms with van der Waals surface area (Å²) < 4.78 is 38.7. The molecule has 2 atom stereocenters. The van der Waals surface area contributed by atoms with Gasteiger partial charge < -0.3 is 9.47 Å². The second kappa shape index (κ2) is 8.35.